The lowest BCUT2D eigenvalue weighted by atomic mass is 9.96. The van der Waals surface area contributed by atoms with Crippen molar-refractivity contribution in [3.05, 3.63) is 23.3 Å². The van der Waals surface area contributed by atoms with Gasteiger partial charge in [0.15, 0.2) is 0 Å². The highest BCUT2D eigenvalue weighted by atomic mass is 32.2. The second-order valence-electron chi connectivity index (χ2n) is 7.01. The first kappa shape index (κ1) is 19.2. The molecule has 0 amide bonds. The van der Waals surface area contributed by atoms with Crippen molar-refractivity contribution >= 4 is 10.0 Å². The fraction of sp³-hybridized carbons (Fsp3) is 0.667. The predicted octanol–water partition coefficient (Wildman–Crippen LogP) is 2.71. The van der Waals surface area contributed by atoms with Crippen LogP contribution in [0.4, 0.5) is 0 Å². The minimum atomic E-state index is -3.56. The Hall–Kier alpha value is -1.11. The van der Waals surface area contributed by atoms with Gasteiger partial charge in [-0.05, 0) is 82.8 Å². The highest BCUT2D eigenvalue weighted by Gasteiger charge is 2.25. The van der Waals surface area contributed by atoms with Crippen molar-refractivity contribution in [1.29, 1.82) is 0 Å². The van der Waals surface area contributed by atoms with Crippen LogP contribution in [0.1, 0.15) is 37.8 Å². The largest absolute Gasteiger partial charge is 0.495 e. The number of benzene rings is 1. The van der Waals surface area contributed by atoms with Crippen LogP contribution in [-0.4, -0.2) is 46.1 Å². The number of aryl methyl sites for hydroxylation is 2. The molecule has 0 radical (unpaired) electrons. The molecule has 0 spiro atoms. The van der Waals surface area contributed by atoms with E-state index in [1.807, 2.05) is 13.8 Å². The predicted molar refractivity (Wildman–Crippen MR) is 97.1 cm³/mol. The zero-order valence-corrected chi connectivity index (χ0v) is 16.2. The van der Waals surface area contributed by atoms with Gasteiger partial charge in [-0.3, -0.25) is 0 Å². The van der Waals surface area contributed by atoms with Gasteiger partial charge >= 0.3 is 0 Å². The van der Waals surface area contributed by atoms with Gasteiger partial charge in [-0.2, -0.15) is 0 Å². The summed E-state index contributed by atoms with van der Waals surface area (Å²) in [6.45, 7) is 10.8. The Morgan fingerprint density at radius 3 is 2.33 bits per heavy atom. The van der Waals surface area contributed by atoms with E-state index < -0.39 is 10.0 Å². The first-order valence-corrected chi connectivity index (χ1v) is 10.1. The molecule has 1 aromatic carbocycles. The van der Waals surface area contributed by atoms with E-state index in [2.05, 4.69) is 23.5 Å². The van der Waals surface area contributed by atoms with Crippen LogP contribution in [0.25, 0.3) is 0 Å². The van der Waals surface area contributed by atoms with Crippen LogP contribution in [0.3, 0.4) is 0 Å². The molecule has 0 saturated carbocycles. The molecule has 1 aliphatic heterocycles. The van der Waals surface area contributed by atoms with Gasteiger partial charge in [-0.25, -0.2) is 13.1 Å². The molecule has 1 aromatic rings. The lowest BCUT2D eigenvalue weighted by Crippen LogP contribution is -2.41. The molecule has 1 saturated heterocycles. The quantitative estimate of drug-likeness (QED) is 0.853. The normalized spacial score (nSPS) is 17.4. The number of likely N-dealkylation sites (tertiary alicyclic amines) is 1. The van der Waals surface area contributed by atoms with Crippen molar-refractivity contribution in [2.24, 2.45) is 5.92 Å². The average molecular weight is 355 g/mol. The number of hydrogen-bond donors (Lipinski definition) is 1. The fourth-order valence-corrected chi connectivity index (χ4v) is 4.46. The van der Waals surface area contributed by atoms with Gasteiger partial charge in [-0.1, -0.05) is 0 Å². The second-order valence-corrected chi connectivity index (χ2v) is 8.75. The van der Waals surface area contributed by atoms with Crippen LogP contribution < -0.4 is 9.46 Å². The molecule has 24 heavy (non-hydrogen) atoms. The number of nitrogens with one attached hydrogen (secondary N) is 1. The summed E-state index contributed by atoms with van der Waals surface area (Å²) in [6, 6.07) is 4.03. The summed E-state index contributed by atoms with van der Waals surface area (Å²) in [6.07, 6.45) is 2.07. The Bertz CT molecular complexity index is 663. The summed E-state index contributed by atoms with van der Waals surface area (Å²) in [5, 5.41) is 0. The number of piperidine rings is 1. The van der Waals surface area contributed by atoms with Gasteiger partial charge in [-0.15, -0.1) is 0 Å². The number of ether oxygens (including phenoxy) is 1. The maximum atomic E-state index is 12.7. The van der Waals surface area contributed by atoms with E-state index in [9.17, 15) is 8.42 Å². The molecule has 0 atom stereocenters. The molecule has 1 fully saturated rings. The van der Waals surface area contributed by atoms with Crippen molar-refractivity contribution < 1.29 is 13.2 Å². The first-order chi connectivity index (χ1) is 11.2. The highest BCUT2D eigenvalue weighted by molar-refractivity contribution is 7.89. The molecular weight excluding hydrogens is 324 g/mol. The van der Waals surface area contributed by atoms with E-state index in [1.54, 1.807) is 12.1 Å². The van der Waals surface area contributed by atoms with Crippen LogP contribution in [0.15, 0.2) is 17.0 Å². The maximum Gasteiger partial charge on any atom is 0.244 e. The first-order valence-electron chi connectivity index (χ1n) is 8.63. The lowest BCUT2D eigenvalue weighted by Gasteiger charge is -2.34. The van der Waals surface area contributed by atoms with Gasteiger partial charge in [0, 0.05) is 12.6 Å². The Kier molecular flexibility index (Phi) is 6.28. The van der Waals surface area contributed by atoms with Crippen LogP contribution >= 0.6 is 0 Å². The molecule has 0 aliphatic carbocycles. The van der Waals surface area contributed by atoms with Gasteiger partial charge in [0.2, 0.25) is 10.0 Å². The summed E-state index contributed by atoms with van der Waals surface area (Å²) < 4.78 is 33.4. The van der Waals surface area contributed by atoms with Crippen molar-refractivity contribution in [3.8, 4) is 5.75 Å². The van der Waals surface area contributed by atoms with Crippen molar-refractivity contribution in [1.82, 2.24) is 9.62 Å². The standard InChI is InChI=1S/C18H30N2O3S/c1-13(2)20-8-6-16(7-9-20)12-19-24(21,22)18-11-15(4)14(3)10-17(18)23-5/h10-11,13,16,19H,6-9,12H2,1-5H3. The Morgan fingerprint density at radius 2 is 1.79 bits per heavy atom. The Balaban J connectivity index is 2.04. The number of methoxy groups -OCH3 is 1. The molecule has 0 aromatic heterocycles. The van der Waals surface area contributed by atoms with E-state index in [0.29, 0.717) is 24.3 Å². The van der Waals surface area contributed by atoms with E-state index in [-0.39, 0.29) is 4.90 Å². The monoisotopic (exact) mass is 354 g/mol. The van der Waals surface area contributed by atoms with E-state index >= 15 is 0 Å². The summed E-state index contributed by atoms with van der Waals surface area (Å²) in [4.78, 5) is 2.67. The number of rotatable bonds is 6. The summed E-state index contributed by atoms with van der Waals surface area (Å²) in [7, 11) is -2.06. The molecule has 1 heterocycles. The number of sulfonamides is 1. The summed E-state index contributed by atoms with van der Waals surface area (Å²) in [5.74, 6) is 0.799. The minimum absolute atomic E-state index is 0.229. The molecule has 136 valence electrons. The summed E-state index contributed by atoms with van der Waals surface area (Å²) in [5.41, 5.74) is 1.97. The van der Waals surface area contributed by atoms with Gasteiger partial charge in [0.1, 0.15) is 10.6 Å². The maximum absolute atomic E-state index is 12.7. The molecule has 1 aliphatic rings. The Morgan fingerprint density at radius 1 is 1.21 bits per heavy atom. The number of hydrogen-bond acceptors (Lipinski definition) is 4. The fourth-order valence-electron chi connectivity index (χ4n) is 3.11. The smallest absolute Gasteiger partial charge is 0.244 e. The molecule has 5 nitrogen and oxygen atoms in total. The highest BCUT2D eigenvalue weighted by Crippen LogP contribution is 2.27. The van der Waals surface area contributed by atoms with Crippen molar-refractivity contribution in [2.75, 3.05) is 26.7 Å². The van der Waals surface area contributed by atoms with E-state index in [4.69, 9.17) is 4.74 Å². The third-order valence-electron chi connectivity index (χ3n) is 5.01. The molecule has 0 bridgehead atoms. The van der Waals surface area contributed by atoms with Crippen LogP contribution in [0.2, 0.25) is 0 Å². The van der Waals surface area contributed by atoms with Gasteiger partial charge in [0.05, 0.1) is 7.11 Å². The van der Waals surface area contributed by atoms with Gasteiger partial charge < -0.3 is 9.64 Å². The molecular formula is C18H30N2O3S. The van der Waals surface area contributed by atoms with Crippen molar-refractivity contribution in [3.63, 3.8) is 0 Å². The zero-order valence-electron chi connectivity index (χ0n) is 15.4. The van der Waals surface area contributed by atoms with Crippen LogP contribution in [0, 0.1) is 19.8 Å². The SMILES string of the molecule is COc1cc(C)c(C)cc1S(=O)(=O)NCC1CCN(C(C)C)CC1. The average Bonchev–Trinajstić information content (AvgIpc) is 2.55. The van der Waals surface area contributed by atoms with Crippen LogP contribution in [0.5, 0.6) is 5.75 Å². The second kappa shape index (κ2) is 7.85. The topological polar surface area (TPSA) is 58.6 Å². The number of nitrogens with zero attached hydrogens (tertiary/aromatic N) is 1. The lowest BCUT2D eigenvalue weighted by molar-refractivity contribution is 0.150. The summed E-state index contributed by atoms with van der Waals surface area (Å²) >= 11 is 0. The molecule has 2 rings (SSSR count). The van der Waals surface area contributed by atoms with Crippen molar-refractivity contribution in [2.45, 2.75) is 51.5 Å². The Labute approximate surface area is 146 Å². The molecule has 1 N–H and O–H groups in total. The zero-order chi connectivity index (χ0) is 17.9. The third kappa shape index (κ3) is 4.49. The van der Waals surface area contributed by atoms with Gasteiger partial charge in [0.25, 0.3) is 0 Å². The minimum Gasteiger partial charge on any atom is -0.495 e. The van der Waals surface area contributed by atoms with E-state index in [1.165, 1.54) is 7.11 Å². The molecule has 0 unspecified atom stereocenters. The van der Waals surface area contributed by atoms with Crippen LogP contribution in [-0.2, 0) is 10.0 Å². The third-order valence-corrected chi connectivity index (χ3v) is 6.46. The van der Waals surface area contributed by atoms with E-state index in [0.717, 1.165) is 37.1 Å². The molecule has 6 heteroatoms.